The summed E-state index contributed by atoms with van der Waals surface area (Å²) in [6.07, 6.45) is 6.60. The van der Waals surface area contributed by atoms with Gasteiger partial charge in [0.25, 0.3) is 0 Å². The Hall–Kier alpha value is -1.59. The average molecular weight is 401 g/mol. The van der Waals surface area contributed by atoms with Gasteiger partial charge in [0.05, 0.1) is 6.10 Å². The van der Waals surface area contributed by atoms with Crippen LogP contribution in [0.4, 0.5) is 0 Å². The maximum Gasteiger partial charge on any atom is 0.190 e. The molecule has 2 saturated heterocycles. The monoisotopic (exact) mass is 400 g/mol. The molecule has 0 amide bonds. The van der Waals surface area contributed by atoms with Crippen LogP contribution in [0.2, 0.25) is 0 Å². The number of hydrogen-bond donors (Lipinski definition) is 2. The van der Waals surface area contributed by atoms with Gasteiger partial charge < -0.3 is 20.3 Å². The zero-order valence-electron chi connectivity index (χ0n) is 18.6. The lowest BCUT2D eigenvalue weighted by Crippen LogP contribution is -2.44. The largest absolute Gasteiger partial charge is 0.373 e. The Kier molecular flexibility index (Phi) is 8.81. The SMILES string of the molecule is CN=C(NCC(C)CN1CCCCC1)NCC1CCCOC1c1ccc(C)cc1. The van der Waals surface area contributed by atoms with Crippen molar-refractivity contribution in [2.24, 2.45) is 16.8 Å². The molecule has 1 aromatic rings. The third-order valence-electron chi connectivity index (χ3n) is 6.24. The van der Waals surface area contributed by atoms with E-state index in [0.29, 0.717) is 11.8 Å². The number of guanidine groups is 1. The van der Waals surface area contributed by atoms with Crippen LogP contribution in [0.15, 0.2) is 29.3 Å². The number of likely N-dealkylation sites (tertiary alicyclic amines) is 1. The van der Waals surface area contributed by atoms with Gasteiger partial charge in [0.1, 0.15) is 0 Å². The predicted molar refractivity (Wildman–Crippen MR) is 121 cm³/mol. The molecule has 0 aliphatic carbocycles. The second kappa shape index (κ2) is 11.6. The Morgan fingerprint density at radius 1 is 1.14 bits per heavy atom. The molecular formula is C24H40N4O. The molecule has 2 aliphatic heterocycles. The number of rotatable bonds is 7. The lowest BCUT2D eigenvalue weighted by atomic mass is 9.89. The van der Waals surface area contributed by atoms with Crippen molar-refractivity contribution in [3.63, 3.8) is 0 Å². The quantitative estimate of drug-likeness (QED) is 0.541. The zero-order valence-corrected chi connectivity index (χ0v) is 18.6. The molecule has 162 valence electrons. The molecule has 0 saturated carbocycles. The summed E-state index contributed by atoms with van der Waals surface area (Å²) in [5.74, 6) is 1.99. The van der Waals surface area contributed by atoms with E-state index < -0.39 is 0 Å². The Labute approximate surface area is 177 Å². The summed E-state index contributed by atoms with van der Waals surface area (Å²) in [7, 11) is 1.86. The van der Waals surface area contributed by atoms with Crippen LogP contribution in [-0.4, -0.2) is 57.2 Å². The molecule has 5 heteroatoms. The summed E-state index contributed by atoms with van der Waals surface area (Å²) in [6.45, 7) is 10.9. The first-order valence-electron chi connectivity index (χ1n) is 11.5. The first kappa shape index (κ1) is 22.1. The van der Waals surface area contributed by atoms with E-state index in [1.54, 1.807) is 0 Å². The molecule has 5 nitrogen and oxygen atoms in total. The van der Waals surface area contributed by atoms with E-state index in [4.69, 9.17) is 4.74 Å². The van der Waals surface area contributed by atoms with Crippen molar-refractivity contribution in [2.45, 2.75) is 52.1 Å². The maximum absolute atomic E-state index is 6.16. The van der Waals surface area contributed by atoms with Crippen molar-refractivity contribution in [2.75, 3.05) is 46.4 Å². The third-order valence-corrected chi connectivity index (χ3v) is 6.24. The van der Waals surface area contributed by atoms with Gasteiger partial charge in [-0.05, 0) is 57.2 Å². The molecule has 3 atom stereocenters. The molecule has 2 N–H and O–H groups in total. The fourth-order valence-electron chi connectivity index (χ4n) is 4.54. The van der Waals surface area contributed by atoms with E-state index in [1.807, 2.05) is 7.05 Å². The van der Waals surface area contributed by atoms with Gasteiger partial charge in [0.15, 0.2) is 5.96 Å². The zero-order chi connectivity index (χ0) is 20.5. The third kappa shape index (κ3) is 7.00. The molecule has 2 fully saturated rings. The molecule has 2 heterocycles. The van der Waals surface area contributed by atoms with Crippen LogP contribution in [-0.2, 0) is 4.74 Å². The second-order valence-electron chi connectivity index (χ2n) is 8.90. The van der Waals surface area contributed by atoms with Gasteiger partial charge in [0, 0.05) is 39.2 Å². The van der Waals surface area contributed by atoms with E-state index in [2.05, 4.69) is 58.6 Å². The molecule has 3 unspecified atom stereocenters. The van der Waals surface area contributed by atoms with Gasteiger partial charge in [-0.1, -0.05) is 43.2 Å². The van der Waals surface area contributed by atoms with Crippen LogP contribution in [0.25, 0.3) is 0 Å². The van der Waals surface area contributed by atoms with Crippen LogP contribution >= 0.6 is 0 Å². The number of nitrogens with one attached hydrogen (secondary N) is 2. The van der Waals surface area contributed by atoms with Gasteiger partial charge in [-0.25, -0.2) is 0 Å². The summed E-state index contributed by atoms with van der Waals surface area (Å²) in [4.78, 5) is 7.05. The van der Waals surface area contributed by atoms with E-state index in [0.717, 1.165) is 32.1 Å². The smallest absolute Gasteiger partial charge is 0.190 e. The van der Waals surface area contributed by atoms with Gasteiger partial charge in [0.2, 0.25) is 0 Å². The van der Waals surface area contributed by atoms with Crippen molar-refractivity contribution in [1.82, 2.24) is 15.5 Å². The van der Waals surface area contributed by atoms with Crippen LogP contribution < -0.4 is 10.6 Å². The molecule has 1 aromatic carbocycles. The van der Waals surface area contributed by atoms with Crippen molar-refractivity contribution in [1.29, 1.82) is 0 Å². The number of aliphatic imine (C=N–C) groups is 1. The summed E-state index contributed by atoms with van der Waals surface area (Å²) in [6, 6.07) is 8.80. The highest BCUT2D eigenvalue weighted by atomic mass is 16.5. The minimum Gasteiger partial charge on any atom is -0.373 e. The van der Waals surface area contributed by atoms with Gasteiger partial charge in [-0.3, -0.25) is 4.99 Å². The Bertz CT molecular complexity index is 624. The summed E-state index contributed by atoms with van der Waals surface area (Å²) in [5, 5.41) is 7.09. The van der Waals surface area contributed by atoms with Crippen LogP contribution in [0.1, 0.15) is 56.3 Å². The van der Waals surface area contributed by atoms with E-state index in [1.165, 1.54) is 56.4 Å². The Balaban J connectivity index is 1.45. The molecule has 0 aromatic heterocycles. The van der Waals surface area contributed by atoms with Crippen LogP contribution in [0, 0.1) is 18.8 Å². The first-order valence-corrected chi connectivity index (χ1v) is 11.5. The molecule has 0 spiro atoms. The molecule has 0 radical (unpaired) electrons. The second-order valence-corrected chi connectivity index (χ2v) is 8.90. The van der Waals surface area contributed by atoms with Crippen molar-refractivity contribution < 1.29 is 4.74 Å². The highest BCUT2D eigenvalue weighted by Crippen LogP contribution is 2.33. The van der Waals surface area contributed by atoms with Crippen LogP contribution in [0.5, 0.6) is 0 Å². The fraction of sp³-hybridized carbons (Fsp3) is 0.708. The van der Waals surface area contributed by atoms with Gasteiger partial charge >= 0.3 is 0 Å². The predicted octanol–water partition coefficient (Wildman–Crippen LogP) is 3.75. The highest BCUT2D eigenvalue weighted by molar-refractivity contribution is 5.79. The standard InChI is InChI=1S/C24H40N4O/c1-19-9-11-21(12-10-19)23-22(8-7-15-29-23)17-27-24(25-3)26-16-20(2)18-28-13-5-4-6-14-28/h9-12,20,22-23H,4-8,13-18H2,1-3H3,(H2,25,26,27). The van der Waals surface area contributed by atoms with Crippen molar-refractivity contribution in [3.8, 4) is 0 Å². The topological polar surface area (TPSA) is 48.9 Å². The molecular weight excluding hydrogens is 360 g/mol. The number of piperidine rings is 1. The summed E-state index contributed by atoms with van der Waals surface area (Å²) in [5.41, 5.74) is 2.59. The average Bonchev–Trinajstić information content (AvgIpc) is 2.75. The maximum atomic E-state index is 6.16. The van der Waals surface area contributed by atoms with E-state index in [9.17, 15) is 0 Å². The number of nitrogens with zero attached hydrogens (tertiary/aromatic N) is 2. The number of benzene rings is 1. The van der Waals surface area contributed by atoms with Crippen molar-refractivity contribution in [3.05, 3.63) is 35.4 Å². The number of hydrogen-bond acceptors (Lipinski definition) is 3. The molecule has 0 bridgehead atoms. The van der Waals surface area contributed by atoms with E-state index in [-0.39, 0.29) is 6.10 Å². The van der Waals surface area contributed by atoms with Gasteiger partial charge in [-0.15, -0.1) is 0 Å². The molecule has 2 aliphatic rings. The highest BCUT2D eigenvalue weighted by Gasteiger charge is 2.27. The molecule has 3 rings (SSSR count). The lowest BCUT2D eigenvalue weighted by molar-refractivity contribution is -0.0265. The normalized spacial score (nSPS) is 24.9. The Morgan fingerprint density at radius 3 is 2.62 bits per heavy atom. The Morgan fingerprint density at radius 2 is 1.90 bits per heavy atom. The number of ether oxygens (including phenoxy) is 1. The first-order chi connectivity index (χ1) is 14.2. The minimum absolute atomic E-state index is 0.174. The summed E-state index contributed by atoms with van der Waals surface area (Å²) >= 11 is 0. The van der Waals surface area contributed by atoms with Gasteiger partial charge in [-0.2, -0.15) is 0 Å². The molecule has 29 heavy (non-hydrogen) atoms. The minimum atomic E-state index is 0.174. The van der Waals surface area contributed by atoms with Crippen molar-refractivity contribution >= 4 is 5.96 Å². The number of aryl methyl sites for hydroxylation is 1. The van der Waals surface area contributed by atoms with E-state index >= 15 is 0 Å². The van der Waals surface area contributed by atoms with Crippen LogP contribution in [0.3, 0.4) is 0 Å². The lowest BCUT2D eigenvalue weighted by Gasteiger charge is -2.33. The fourth-order valence-corrected chi connectivity index (χ4v) is 4.54. The summed E-state index contributed by atoms with van der Waals surface area (Å²) < 4.78 is 6.16.